The molecule has 1 saturated heterocycles. The fraction of sp³-hybridized carbons (Fsp3) is 0.417. The topological polar surface area (TPSA) is 98.9 Å². The number of anilines is 1. The van der Waals surface area contributed by atoms with Crippen LogP contribution in [0.1, 0.15) is 0 Å². The molecule has 0 bridgehead atoms. The van der Waals surface area contributed by atoms with Crippen LogP contribution in [0.2, 0.25) is 0 Å². The summed E-state index contributed by atoms with van der Waals surface area (Å²) in [6.45, 7) is 0.287. The Morgan fingerprint density at radius 2 is 2.24 bits per heavy atom. The molecule has 0 saturated carbocycles. The number of benzene rings is 1. The molecular formula is C12H15BrN2O5S. The monoisotopic (exact) mass is 378 g/mol. The van der Waals surface area contributed by atoms with Crippen molar-refractivity contribution < 1.29 is 22.7 Å². The number of halogens is 1. The first kappa shape index (κ1) is 16.2. The number of sulfonamides is 1. The average molecular weight is 379 g/mol. The van der Waals surface area contributed by atoms with E-state index in [-0.39, 0.29) is 24.7 Å². The van der Waals surface area contributed by atoms with Gasteiger partial charge in [-0.05, 0) is 34.1 Å². The summed E-state index contributed by atoms with van der Waals surface area (Å²) in [6, 6.07) is 3.32. The Morgan fingerprint density at radius 1 is 1.52 bits per heavy atom. The number of methoxy groups -OCH3 is 1. The van der Waals surface area contributed by atoms with E-state index >= 15 is 0 Å². The van der Waals surface area contributed by atoms with Crippen molar-refractivity contribution in [3.05, 3.63) is 22.7 Å². The Balaban J connectivity index is 2.40. The third-order valence-electron chi connectivity index (χ3n) is 3.13. The number of rotatable bonds is 3. The second-order valence-electron chi connectivity index (χ2n) is 4.41. The van der Waals surface area contributed by atoms with Gasteiger partial charge in [-0.3, -0.25) is 4.79 Å². The molecule has 1 heterocycles. The second kappa shape index (κ2) is 6.30. The van der Waals surface area contributed by atoms with Gasteiger partial charge in [0.25, 0.3) is 0 Å². The number of carbonyl (C=O) groups excluding carboxylic acids is 1. The lowest BCUT2D eigenvalue weighted by Crippen LogP contribution is -2.52. The van der Waals surface area contributed by atoms with E-state index in [1.54, 1.807) is 0 Å². The summed E-state index contributed by atoms with van der Waals surface area (Å²) in [5.41, 5.74) is 6.09. The highest BCUT2D eigenvalue weighted by molar-refractivity contribution is 9.10. The molecule has 1 aliphatic heterocycles. The first-order valence-corrected chi connectivity index (χ1v) is 8.33. The molecule has 0 aliphatic carbocycles. The normalized spacial score (nSPS) is 20.2. The first-order chi connectivity index (χ1) is 9.87. The highest BCUT2D eigenvalue weighted by atomic mass is 79.9. The Morgan fingerprint density at radius 3 is 2.86 bits per heavy atom. The van der Waals surface area contributed by atoms with Gasteiger partial charge in [0.2, 0.25) is 10.0 Å². The molecule has 0 radical (unpaired) electrons. The Hall–Kier alpha value is -1.16. The van der Waals surface area contributed by atoms with Crippen molar-refractivity contribution in [3.8, 4) is 0 Å². The SMILES string of the molecule is COC(=O)C1COCCN1S(=O)(=O)c1ccc(N)c(Br)c1. The standard InChI is InChI=1S/C12H15BrN2O5S/c1-19-12(16)11-7-20-5-4-15(11)21(17,18)8-2-3-10(14)9(13)6-8/h2-3,6,11H,4-5,7,14H2,1H3. The summed E-state index contributed by atoms with van der Waals surface area (Å²) in [6.07, 6.45) is 0. The Labute approximate surface area is 131 Å². The van der Waals surface area contributed by atoms with Crippen molar-refractivity contribution in [2.24, 2.45) is 0 Å². The van der Waals surface area contributed by atoms with E-state index in [0.717, 1.165) is 4.31 Å². The Kier molecular flexibility index (Phi) is 4.87. The van der Waals surface area contributed by atoms with Gasteiger partial charge in [-0.2, -0.15) is 4.31 Å². The van der Waals surface area contributed by atoms with Gasteiger partial charge >= 0.3 is 5.97 Å². The zero-order valence-corrected chi connectivity index (χ0v) is 13.7. The van der Waals surface area contributed by atoms with Gasteiger partial charge in [-0.1, -0.05) is 0 Å². The fourth-order valence-corrected chi connectivity index (χ4v) is 4.11. The summed E-state index contributed by atoms with van der Waals surface area (Å²) in [5, 5.41) is 0. The molecular weight excluding hydrogens is 364 g/mol. The molecule has 1 unspecified atom stereocenters. The molecule has 0 amide bonds. The van der Waals surface area contributed by atoms with Gasteiger partial charge < -0.3 is 15.2 Å². The number of nitrogen functional groups attached to an aromatic ring is 1. The zero-order chi connectivity index (χ0) is 15.6. The smallest absolute Gasteiger partial charge is 0.326 e. The number of nitrogens with zero attached hydrogens (tertiary/aromatic N) is 1. The number of nitrogens with two attached hydrogens (primary N) is 1. The van der Waals surface area contributed by atoms with Gasteiger partial charge in [0.05, 0.1) is 25.2 Å². The highest BCUT2D eigenvalue weighted by Gasteiger charge is 2.39. The summed E-state index contributed by atoms with van der Waals surface area (Å²) < 4.78 is 36.8. The van der Waals surface area contributed by atoms with Crippen LogP contribution in [0, 0.1) is 0 Å². The molecule has 7 nitrogen and oxygen atoms in total. The van der Waals surface area contributed by atoms with Crippen LogP contribution in [-0.2, 0) is 24.3 Å². The molecule has 2 rings (SSSR count). The summed E-state index contributed by atoms with van der Waals surface area (Å²) in [4.78, 5) is 11.8. The van der Waals surface area contributed by atoms with Gasteiger partial charge in [-0.15, -0.1) is 0 Å². The van der Waals surface area contributed by atoms with Gasteiger partial charge in [0.1, 0.15) is 6.04 Å². The van der Waals surface area contributed by atoms with Gasteiger partial charge in [-0.25, -0.2) is 8.42 Å². The summed E-state index contributed by atoms with van der Waals surface area (Å²) >= 11 is 3.20. The van der Waals surface area contributed by atoms with Crippen LogP contribution in [0.15, 0.2) is 27.6 Å². The minimum atomic E-state index is -3.84. The molecule has 0 aromatic heterocycles. The quantitative estimate of drug-likeness (QED) is 0.610. The van der Waals surface area contributed by atoms with Crippen molar-refractivity contribution in [2.45, 2.75) is 10.9 Å². The number of esters is 1. The van der Waals surface area contributed by atoms with Crippen molar-refractivity contribution in [2.75, 3.05) is 32.6 Å². The predicted molar refractivity (Wildman–Crippen MR) is 79.1 cm³/mol. The molecule has 21 heavy (non-hydrogen) atoms. The molecule has 1 aromatic carbocycles. The van der Waals surface area contributed by atoms with Crippen LogP contribution in [0.5, 0.6) is 0 Å². The van der Waals surface area contributed by atoms with Crippen LogP contribution in [0.4, 0.5) is 5.69 Å². The van der Waals surface area contributed by atoms with E-state index in [9.17, 15) is 13.2 Å². The molecule has 1 fully saturated rings. The minimum Gasteiger partial charge on any atom is -0.468 e. The van der Waals surface area contributed by atoms with Gasteiger partial charge in [0, 0.05) is 16.7 Å². The number of ether oxygens (including phenoxy) is 2. The van der Waals surface area contributed by atoms with Crippen molar-refractivity contribution in [1.82, 2.24) is 4.31 Å². The molecule has 116 valence electrons. The van der Waals surface area contributed by atoms with E-state index < -0.39 is 22.0 Å². The van der Waals surface area contributed by atoms with Crippen molar-refractivity contribution in [1.29, 1.82) is 0 Å². The molecule has 0 spiro atoms. The van der Waals surface area contributed by atoms with Crippen molar-refractivity contribution in [3.63, 3.8) is 0 Å². The number of carbonyl (C=O) groups is 1. The largest absolute Gasteiger partial charge is 0.468 e. The van der Waals surface area contributed by atoms with Crippen molar-refractivity contribution >= 4 is 37.6 Å². The lowest BCUT2D eigenvalue weighted by Gasteiger charge is -2.32. The predicted octanol–water partition coefficient (Wildman–Crippen LogP) is 0.594. The molecule has 1 aromatic rings. The molecule has 2 N–H and O–H groups in total. The fourth-order valence-electron chi connectivity index (χ4n) is 2.00. The number of hydrogen-bond donors (Lipinski definition) is 1. The van der Waals surface area contributed by atoms with Crippen LogP contribution in [0.25, 0.3) is 0 Å². The van der Waals surface area contributed by atoms with E-state index in [2.05, 4.69) is 20.7 Å². The zero-order valence-electron chi connectivity index (χ0n) is 11.3. The number of morpholine rings is 1. The second-order valence-corrected chi connectivity index (χ2v) is 7.16. The van der Waals surface area contributed by atoms with E-state index in [1.165, 1.54) is 25.3 Å². The molecule has 9 heteroatoms. The highest BCUT2D eigenvalue weighted by Crippen LogP contribution is 2.27. The van der Waals surface area contributed by atoms with Gasteiger partial charge in [0.15, 0.2) is 0 Å². The summed E-state index contributed by atoms with van der Waals surface area (Å²) in [5.74, 6) is -0.646. The molecule has 1 aliphatic rings. The Bertz CT molecular complexity index is 649. The lowest BCUT2D eigenvalue weighted by molar-refractivity contribution is -0.149. The van der Waals surface area contributed by atoms with E-state index in [4.69, 9.17) is 10.5 Å². The number of hydrogen-bond acceptors (Lipinski definition) is 6. The van der Waals surface area contributed by atoms with Crippen LogP contribution < -0.4 is 5.73 Å². The maximum absolute atomic E-state index is 12.7. The minimum absolute atomic E-state index is 0.0257. The van der Waals surface area contributed by atoms with Crippen LogP contribution >= 0.6 is 15.9 Å². The first-order valence-electron chi connectivity index (χ1n) is 6.10. The lowest BCUT2D eigenvalue weighted by atomic mass is 10.3. The average Bonchev–Trinajstić information content (AvgIpc) is 2.49. The van der Waals surface area contributed by atoms with Crippen LogP contribution in [-0.4, -0.2) is 51.6 Å². The van der Waals surface area contributed by atoms with E-state index in [0.29, 0.717) is 10.2 Å². The van der Waals surface area contributed by atoms with Crippen LogP contribution in [0.3, 0.4) is 0 Å². The molecule has 1 atom stereocenters. The third-order valence-corrected chi connectivity index (χ3v) is 5.72. The third kappa shape index (κ3) is 3.20. The maximum Gasteiger partial charge on any atom is 0.326 e. The summed E-state index contributed by atoms with van der Waals surface area (Å²) in [7, 11) is -2.63. The maximum atomic E-state index is 12.7. The van der Waals surface area contributed by atoms with E-state index in [1.807, 2.05) is 0 Å².